The molecule has 2 aromatic heterocycles. The molecule has 0 amide bonds. The monoisotopic (exact) mass is 350 g/mol. The molecule has 1 aliphatic heterocycles. The zero-order chi connectivity index (χ0) is 17.3. The number of sulfone groups is 1. The minimum Gasteiger partial charge on any atom is -0.437 e. The Hall–Kier alpha value is -1.93. The molecule has 1 fully saturated rings. The van der Waals surface area contributed by atoms with Gasteiger partial charge >= 0.3 is 0 Å². The van der Waals surface area contributed by atoms with Gasteiger partial charge in [0.05, 0.1) is 29.0 Å². The van der Waals surface area contributed by atoms with Crippen LogP contribution in [-0.4, -0.2) is 40.7 Å². The van der Waals surface area contributed by atoms with Crippen LogP contribution in [0.15, 0.2) is 24.5 Å². The summed E-state index contributed by atoms with van der Waals surface area (Å²) < 4.78 is 31.1. The van der Waals surface area contributed by atoms with Crippen molar-refractivity contribution in [2.75, 3.05) is 11.5 Å². The van der Waals surface area contributed by atoms with Crippen LogP contribution >= 0.6 is 0 Å². The summed E-state index contributed by atoms with van der Waals surface area (Å²) in [6.45, 7) is 4.40. The van der Waals surface area contributed by atoms with Crippen molar-refractivity contribution < 1.29 is 13.2 Å². The van der Waals surface area contributed by atoms with Crippen molar-refractivity contribution in [3.63, 3.8) is 0 Å². The van der Waals surface area contributed by atoms with Crippen LogP contribution in [-0.2, 0) is 23.4 Å². The SMILES string of the molecule is Cc1nn(C)c(Oc2cccnc2)c1CN[C@@H]1CS(=O)(=O)C[C@@H]1C. The third-order valence-electron chi connectivity index (χ3n) is 4.32. The molecule has 0 bridgehead atoms. The highest BCUT2D eigenvalue weighted by molar-refractivity contribution is 7.91. The summed E-state index contributed by atoms with van der Waals surface area (Å²) in [5, 5.41) is 7.77. The lowest BCUT2D eigenvalue weighted by molar-refractivity contribution is 0.413. The van der Waals surface area contributed by atoms with Gasteiger partial charge in [0.15, 0.2) is 9.84 Å². The van der Waals surface area contributed by atoms with E-state index in [0.717, 1.165) is 11.3 Å². The summed E-state index contributed by atoms with van der Waals surface area (Å²) in [6.07, 6.45) is 3.33. The first-order valence-electron chi connectivity index (χ1n) is 7.90. The standard InChI is InChI=1S/C16H22N4O3S/c1-11-9-24(21,22)10-15(11)18-8-14-12(2)19-20(3)16(14)23-13-5-4-6-17-7-13/h4-7,11,15,18H,8-10H2,1-3H3/t11-,15+/m0/s1. The molecule has 3 heterocycles. The zero-order valence-electron chi connectivity index (χ0n) is 14.1. The summed E-state index contributed by atoms with van der Waals surface area (Å²) in [4.78, 5) is 4.04. The number of hydrogen-bond donors (Lipinski definition) is 1. The number of aryl methyl sites for hydroxylation is 2. The van der Waals surface area contributed by atoms with E-state index in [1.807, 2.05) is 33.0 Å². The molecule has 8 heteroatoms. The molecule has 0 aromatic carbocycles. The predicted octanol–water partition coefficient (Wildman–Crippen LogP) is 1.44. The Morgan fingerprint density at radius 3 is 2.83 bits per heavy atom. The Kier molecular flexibility index (Phi) is 4.60. The first kappa shape index (κ1) is 16.9. The third-order valence-corrected chi connectivity index (χ3v) is 6.22. The molecule has 0 saturated carbocycles. The van der Waals surface area contributed by atoms with Gasteiger partial charge in [0.25, 0.3) is 0 Å². The zero-order valence-corrected chi connectivity index (χ0v) is 14.9. The van der Waals surface area contributed by atoms with Crippen molar-refractivity contribution in [1.82, 2.24) is 20.1 Å². The van der Waals surface area contributed by atoms with Gasteiger partial charge in [-0.15, -0.1) is 0 Å². The maximum Gasteiger partial charge on any atom is 0.222 e. The topological polar surface area (TPSA) is 86.1 Å². The van der Waals surface area contributed by atoms with Gasteiger partial charge in [-0.05, 0) is 25.0 Å². The summed E-state index contributed by atoms with van der Waals surface area (Å²) in [5.74, 6) is 1.82. The second kappa shape index (κ2) is 6.52. The lowest BCUT2D eigenvalue weighted by atomic mass is 10.1. The Labute approximate surface area is 142 Å². The third kappa shape index (κ3) is 3.59. The second-order valence-corrected chi connectivity index (χ2v) is 8.48. The minimum atomic E-state index is -2.94. The minimum absolute atomic E-state index is 0.0409. The Balaban J connectivity index is 1.76. The fraction of sp³-hybridized carbons (Fsp3) is 0.500. The van der Waals surface area contributed by atoms with E-state index >= 15 is 0 Å². The predicted molar refractivity (Wildman–Crippen MR) is 90.7 cm³/mol. The van der Waals surface area contributed by atoms with Crippen LogP contribution in [0.2, 0.25) is 0 Å². The molecule has 24 heavy (non-hydrogen) atoms. The molecule has 0 radical (unpaired) electrons. The van der Waals surface area contributed by atoms with Crippen molar-refractivity contribution in [2.24, 2.45) is 13.0 Å². The Morgan fingerprint density at radius 1 is 1.42 bits per heavy atom. The molecule has 0 aliphatic carbocycles. The summed E-state index contributed by atoms with van der Waals surface area (Å²) in [7, 11) is -1.11. The fourth-order valence-corrected chi connectivity index (χ4v) is 5.21. The second-order valence-electron chi connectivity index (χ2n) is 6.33. The van der Waals surface area contributed by atoms with Gasteiger partial charge in [0, 0.05) is 25.8 Å². The molecule has 0 unspecified atom stereocenters. The normalized spacial score (nSPS) is 22.6. The van der Waals surface area contributed by atoms with Crippen LogP contribution in [0.4, 0.5) is 0 Å². The molecule has 2 atom stereocenters. The van der Waals surface area contributed by atoms with E-state index in [2.05, 4.69) is 15.4 Å². The molecule has 1 aliphatic rings. The van der Waals surface area contributed by atoms with Crippen LogP contribution in [0.25, 0.3) is 0 Å². The van der Waals surface area contributed by atoms with E-state index in [0.29, 0.717) is 18.2 Å². The van der Waals surface area contributed by atoms with Crippen molar-refractivity contribution >= 4 is 9.84 Å². The van der Waals surface area contributed by atoms with Gasteiger partial charge < -0.3 is 10.1 Å². The first-order chi connectivity index (χ1) is 11.4. The largest absolute Gasteiger partial charge is 0.437 e. The number of ether oxygens (including phenoxy) is 1. The van der Waals surface area contributed by atoms with Crippen molar-refractivity contribution in [3.8, 4) is 11.6 Å². The van der Waals surface area contributed by atoms with Gasteiger partial charge in [-0.2, -0.15) is 5.10 Å². The lowest BCUT2D eigenvalue weighted by Gasteiger charge is -2.16. The molecule has 130 valence electrons. The van der Waals surface area contributed by atoms with Gasteiger partial charge in [-0.1, -0.05) is 6.92 Å². The number of hydrogen-bond acceptors (Lipinski definition) is 6. The fourth-order valence-electron chi connectivity index (χ4n) is 3.05. The lowest BCUT2D eigenvalue weighted by Crippen LogP contribution is -2.34. The maximum atomic E-state index is 11.8. The first-order valence-corrected chi connectivity index (χ1v) is 9.72. The van der Waals surface area contributed by atoms with Crippen molar-refractivity contribution in [1.29, 1.82) is 0 Å². The van der Waals surface area contributed by atoms with Crippen molar-refractivity contribution in [2.45, 2.75) is 26.4 Å². The summed E-state index contributed by atoms with van der Waals surface area (Å²) in [6, 6.07) is 3.60. The molecular formula is C16H22N4O3S. The smallest absolute Gasteiger partial charge is 0.222 e. The highest BCUT2D eigenvalue weighted by atomic mass is 32.2. The Morgan fingerprint density at radius 2 is 2.21 bits per heavy atom. The number of nitrogens with one attached hydrogen (secondary N) is 1. The average molecular weight is 350 g/mol. The highest BCUT2D eigenvalue weighted by Crippen LogP contribution is 2.27. The summed E-state index contributed by atoms with van der Waals surface area (Å²) in [5.41, 5.74) is 1.79. The molecule has 3 rings (SSSR count). The van der Waals surface area contributed by atoms with E-state index in [1.54, 1.807) is 17.1 Å². The molecule has 2 aromatic rings. The van der Waals surface area contributed by atoms with Crippen LogP contribution in [0.5, 0.6) is 11.6 Å². The van der Waals surface area contributed by atoms with Crippen LogP contribution < -0.4 is 10.1 Å². The molecule has 0 spiro atoms. The van der Waals surface area contributed by atoms with E-state index in [4.69, 9.17) is 4.74 Å². The van der Waals surface area contributed by atoms with Crippen LogP contribution in [0.3, 0.4) is 0 Å². The number of pyridine rings is 1. The van der Waals surface area contributed by atoms with Crippen molar-refractivity contribution in [3.05, 3.63) is 35.8 Å². The Bertz CT molecular complexity index is 817. The van der Waals surface area contributed by atoms with E-state index in [9.17, 15) is 8.42 Å². The molecule has 1 N–H and O–H groups in total. The van der Waals surface area contributed by atoms with Gasteiger partial charge in [0.1, 0.15) is 5.75 Å². The molecule has 1 saturated heterocycles. The molecular weight excluding hydrogens is 328 g/mol. The van der Waals surface area contributed by atoms with E-state index < -0.39 is 9.84 Å². The number of nitrogens with zero attached hydrogens (tertiary/aromatic N) is 3. The van der Waals surface area contributed by atoms with E-state index in [-0.39, 0.29) is 23.5 Å². The van der Waals surface area contributed by atoms with E-state index in [1.165, 1.54) is 0 Å². The average Bonchev–Trinajstić information content (AvgIpc) is 2.93. The molecule has 7 nitrogen and oxygen atoms in total. The quantitative estimate of drug-likeness (QED) is 0.878. The van der Waals surface area contributed by atoms with Gasteiger partial charge in [-0.25, -0.2) is 13.1 Å². The van der Waals surface area contributed by atoms with Gasteiger partial charge in [-0.3, -0.25) is 4.98 Å². The van der Waals surface area contributed by atoms with Gasteiger partial charge in [0.2, 0.25) is 5.88 Å². The van der Waals surface area contributed by atoms with Crippen LogP contribution in [0, 0.1) is 12.8 Å². The highest BCUT2D eigenvalue weighted by Gasteiger charge is 2.34. The maximum absolute atomic E-state index is 11.8. The number of aromatic nitrogens is 3. The summed E-state index contributed by atoms with van der Waals surface area (Å²) >= 11 is 0. The number of rotatable bonds is 5. The van der Waals surface area contributed by atoms with Crippen LogP contribution in [0.1, 0.15) is 18.2 Å².